The highest BCUT2D eigenvalue weighted by molar-refractivity contribution is 5.42. The van der Waals surface area contributed by atoms with Crippen molar-refractivity contribution in [3.05, 3.63) is 34.3 Å². The number of phenolic OH excluding ortho intramolecular Hbond substituents is 1. The van der Waals surface area contributed by atoms with Crippen molar-refractivity contribution in [3.8, 4) is 5.75 Å². The first-order valence-electron chi connectivity index (χ1n) is 16.6. The number of benzene rings is 1. The van der Waals surface area contributed by atoms with E-state index < -0.39 is 28.8 Å². The van der Waals surface area contributed by atoms with E-state index in [2.05, 4.69) is 6.92 Å². The molecule has 0 bridgehead atoms. The van der Waals surface area contributed by atoms with Crippen molar-refractivity contribution in [2.24, 2.45) is 23.2 Å². The highest BCUT2D eigenvalue weighted by atomic mass is 19.4. The van der Waals surface area contributed by atoms with Gasteiger partial charge >= 0.3 is 12.1 Å². The molecule has 0 heterocycles. The van der Waals surface area contributed by atoms with E-state index in [4.69, 9.17) is 0 Å². The molecule has 4 rings (SSSR count). The normalized spacial score (nSPS) is 31.7. The van der Waals surface area contributed by atoms with E-state index >= 15 is 4.39 Å². The summed E-state index contributed by atoms with van der Waals surface area (Å²) in [5.41, 5.74) is 0.725. The first-order valence-corrected chi connectivity index (χ1v) is 16.6. The Kier molecular flexibility index (Phi) is 10.7. The fraction of sp³-hybridized carbons (Fsp3) is 0.824. The number of hydrogen-bond donors (Lipinski definition) is 2. The van der Waals surface area contributed by atoms with Crippen LogP contribution in [-0.2, 0) is 6.42 Å². The molecule has 44 heavy (non-hydrogen) atoms. The molecule has 0 aromatic heterocycles. The molecule has 0 amide bonds. The topological polar surface area (TPSA) is 63.5 Å². The van der Waals surface area contributed by atoms with Gasteiger partial charge < -0.3 is 20.1 Å². The Hall–Kier alpha value is -1.52. The lowest BCUT2D eigenvalue weighted by Crippen LogP contribution is -2.51. The maximum absolute atomic E-state index is 15.2. The zero-order valence-electron chi connectivity index (χ0n) is 26.5. The molecule has 0 saturated heterocycles. The second-order valence-electron chi connectivity index (χ2n) is 14.8. The van der Waals surface area contributed by atoms with Gasteiger partial charge in [-0.15, -0.1) is 0 Å². The lowest BCUT2D eigenvalue weighted by molar-refractivity contribution is -0.861. The number of alkyl halides is 5. The minimum Gasteiger partial charge on any atom is -0.633 e. The minimum absolute atomic E-state index is 0.0431. The summed E-state index contributed by atoms with van der Waals surface area (Å²) >= 11 is 0. The molecule has 252 valence electrons. The van der Waals surface area contributed by atoms with Gasteiger partial charge in [-0.2, -0.15) is 22.0 Å². The molecule has 1 unspecified atom stereocenters. The zero-order chi connectivity index (χ0) is 32.6. The summed E-state index contributed by atoms with van der Waals surface area (Å²) in [7, 11) is 1.63. The minimum atomic E-state index is -5.50. The third-order valence-electron chi connectivity index (χ3n) is 11.7. The third kappa shape index (κ3) is 7.54. The molecular formula is C34H51F6NO3. The van der Waals surface area contributed by atoms with Gasteiger partial charge in [-0.25, -0.2) is 4.39 Å². The fourth-order valence-corrected chi connectivity index (χ4v) is 9.00. The molecule has 2 saturated carbocycles. The third-order valence-corrected chi connectivity index (χ3v) is 11.7. The smallest absolute Gasteiger partial charge is 0.453 e. The van der Waals surface area contributed by atoms with Gasteiger partial charge in [0, 0.05) is 12.5 Å². The van der Waals surface area contributed by atoms with Gasteiger partial charge in [0.05, 0.1) is 25.7 Å². The van der Waals surface area contributed by atoms with E-state index in [1.54, 1.807) is 13.1 Å². The summed E-state index contributed by atoms with van der Waals surface area (Å²) in [5, 5.41) is 34.4. The molecule has 10 heteroatoms. The molecule has 3 aliphatic carbocycles. The van der Waals surface area contributed by atoms with Crippen LogP contribution >= 0.6 is 0 Å². The summed E-state index contributed by atoms with van der Waals surface area (Å²) in [5.74, 6) is -4.03. The zero-order valence-corrected chi connectivity index (χ0v) is 26.5. The number of quaternary nitrogens is 1. The average molecular weight is 636 g/mol. The van der Waals surface area contributed by atoms with Crippen LogP contribution in [0.1, 0.15) is 121 Å². The van der Waals surface area contributed by atoms with Crippen LogP contribution < -0.4 is 0 Å². The Morgan fingerprint density at radius 3 is 2.18 bits per heavy atom. The number of hydroxylamine groups is 3. The molecule has 3 aliphatic rings. The van der Waals surface area contributed by atoms with E-state index in [1.165, 1.54) is 6.07 Å². The largest absolute Gasteiger partial charge is 0.633 e. The van der Waals surface area contributed by atoms with Crippen molar-refractivity contribution in [1.29, 1.82) is 0 Å². The maximum atomic E-state index is 15.2. The van der Waals surface area contributed by atoms with Crippen molar-refractivity contribution in [2.75, 3.05) is 20.1 Å². The summed E-state index contributed by atoms with van der Waals surface area (Å²) < 4.78 is 77.6. The summed E-state index contributed by atoms with van der Waals surface area (Å²) in [4.78, 5) is 0. The van der Waals surface area contributed by atoms with Gasteiger partial charge in [0.1, 0.15) is 11.6 Å². The predicted molar refractivity (Wildman–Crippen MR) is 159 cm³/mol. The van der Waals surface area contributed by atoms with E-state index in [9.17, 15) is 37.4 Å². The van der Waals surface area contributed by atoms with Crippen LogP contribution in [0.5, 0.6) is 5.75 Å². The van der Waals surface area contributed by atoms with Crippen molar-refractivity contribution >= 4 is 0 Å². The average Bonchev–Trinajstić information content (AvgIpc) is 3.15. The Labute approximate surface area is 258 Å². The number of fused-ring (bicyclic) bond motifs is 5. The summed E-state index contributed by atoms with van der Waals surface area (Å²) in [6.45, 7) is 5.01. The molecular weight excluding hydrogens is 584 g/mol. The number of aliphatic hydroxyl groups is 1. The van der Waals surface area contributed by atoms with Crippen LogP contribution in [0.25, 0.3) is 0 Å². The molecule has 2 N–H and O–H groups in total. The second-order valence-corrected chi connectivity index (χ2v) is 14.8. The van der Waals surface area contributed by atoms with E-state index in [0.717, 1.165) is 62.5 Å². The first kappa shape index (κ1) is 35.3. The number of unbranched alkanes of at least 4 members (excludes halogenated alkanes) is 6. The van der Waals surface area contributed by atoms with Crippen LogP contribution in [0.3, 0.4) is 0 Å². The molecule has 0 aliphatic heterocycles. The SMILES string of the molecule is C[C@]1(O)CC[C@H]2[C@@H]3[C@H](CCCCC[N+](C)([O-])CCCCCCCC(F)(F)C(F)(F)F)Cc4cc(O)cc(F)c4[C@H]3CC[C@@]21C. The molecule has 2 fully saturated rings. The van der Waals surface area contributed by atoms with Gasteiger partial charge in [-0.3, -0.25) is 0 Å². The van der Waals surface area contributed by atoms with Crippen molar-refractivity contribution in [1.82, 2.24) is 0 Å². The maximum Gasteiger partial charge on any atom is 0.453 e. The van der Waals surface area contributed by atoms with Gasteiger partial charge in [0.15, 0.2) is 0 Å². The Morgan fingerprint density at radius 1 is 0.909 bits per heavy atom. The van der Waals surface area contributed by atoms with E-state index in [0.29, 0.717) is 50.6 Å². The molecule has 1 aromatic carbocycles. The predicted octanol–water partition coefficient (Wildman–Crippen LogP) is 9.41. The summed E-state index contributed by atoms with van der Waals surface area (Å²) in [6.07, 6.45) is 2.75. The number of rotatable bonds is 14. The van der Waals surface area contributed by atoms with Gasteiger partial charge in [-0.05, 0) is 124 Å². The highest BCUT2D eigenvalue weighted by Gasteiger charge is 2.61. The monoisotopic (exact) mass is 635 g/mol. The Balaban J connectivity index is 1.24. The van der Waals surface area contributed by atoms with Crippen molar-refractivity contribution < 1.29 is 41.2 Å². The van der Waals surface area contributed by atoms with E-state index in [-0.39, 0.29) is 41.7 Å². The number of nitrogens with zero attached hydrogens (tertiary/aromatic N) is 1. The molecule has 0 radical (unpaired) electrons. The van der Waals surface area contributed by atoms with E-state index in [1.807, 2.05) is 6.92 Å². The Morgan fingerprint density at radius 2 is 1.52 bits per heavy atom. The van der Waals surface area contributed by atoms with Gasteiger partial charge in [0.25, 0.3) is 0 Å². The quantitative estimate of drug-likeness (QED) is 0.0927. The van der Waals surface area contributed by atoms with Crippen LogP contribution in [0, 0.1) is 34.2 Å². The number of halogens is 6. The second kappa shape index (κ2) is 13.3. The Bertz CT molecular complexity index is 1120. The number of phenols is 1. The van der Waals surface area contributed by atoms with Crippen LogP contribution in [0.15, 0.2) is 12.1 Å². The molecule has 0 spiro atoms. The van der Waals surface area contributed by atoms with Crippen LogP contribution in [0.2, 0.25) is 0 Å². The van der Waals surface area contributed by atoms with Gasteiger partial charge in [0.2, 0.25) is 0 Å². The van der Waals surface area contributed by atoms with Crippen LogP contribution in [0.4, 0.5) is 26.3 Å². The molecule has 4 nitrogen and oxygen atoms in total. The van der Waals surface area contributed by atoms with Crippen molar-refractivity contribution in [3.63, 3.8) is 0 Å². The number of aromatic hydroxyl groups is 1. The standard InChI is InChI=1S/C34H51F6NO3/c1-31-16-13-26-29(27(31)14-17-32(31,2)43)23(20-24-21-25(42)22-28(35)30(24)26)12-8-7-11-19-41(3,44)18-10-6-4-5-9-15-33(36,37)34(38,39)40/h21-23,26-27,29,42-43H,4-20H2,1-3H3/t23-,26+,27+,29-,31+,32+,41?/m1/s1. The van der Waals surface area contributed by atoms with Crippen LogP contribution in [-0.4, -0.2) is 52.7 Å². The molecule has 1 aromatic rings. The van der Waals surface area contributed by atoms with Gasteiger partial charge in [-0.1, -0.05) is 26.2 Å². The fourth-order valence-electron chi connectivity index (χ4n) is 9.00. The van der Waals surface area contributed by atoms with Crippen molar-refractivity contribution in [2.45, 2.75) is 134 Å². The highest BCUT2D eigenvalue weighted by Crippen LogP contribution is 2.65. The lowest BCUT2D eigenvalue weighted by Gasteiger charge is -2.55. The lowest BCUT2D eigenvalue weighted by atomic mass is 9.50. The number of hydrogen-bond acceptors (Lipinski definition) is 3. The first-order chi connectivity index (χ1) is 20.4. The summed E-state index contributed by atoms with van der Waals surface area (Å²) in [6, 6.07) is 2.95. The molecule has 7 atom stereocenters.